The van der Waals surface area contributed by atoms with E-state index in [2.05, 4.69) is 57.6 Å². The maximum atomic E-state index is 4.30. The fraction of sp³-hybridized carbons (Fsp3) is 0.333. The normalized spacial score (nSPS) is 23.4. The fourth-order valence-corrected chi connectivity index (χ4v) is 2.80. The second-order valence-corrected chi connectivity index (χ2v) is 4.97. The third kappa shape index (κ3) is 2.58. The van der Waals surface area contributed by atoms with E-state index >= 15 is 0 Å². The van der Waals surface area contributed by atoms with Gasteiger partial charge in [0.1, 0.15) is 5.82 Å². The monoisotopic (exact) mass is 254 g/mol. The van der Waals surface area contributed by atoms with Gasteiger partial charge in [0.05, 0.1) is 12.2 Å². The van der Waals surface area contributed by atoms with Crippen molar-refractivity contribution >= 4 is 5.82 Å². The highest BCUT2D eigenvalue weighted by molar-refractivity contribution is 5.35. The second kappa shape index (κ2) is 5.36. The van der Waals surface area contributed by atoms with Crippen LogP contribution in [-0.2, 0) is 0 Å². The van der Waals surface area contributed by atoms with E-state index in [1.165, 1.54) is 5.56 Å². The smallest absolute Gasteiger partial charge is 0.144 e. The minimum atomic E-state index is 0.379. The summed E-state index contributed by atoms with van der Waals surface area (Å²) in [5.41, 5.74) is 1.35. The van der Waals surface area contributed by atoms with Crippen molar-refractivity contribution in [3.8, 4) is 0 Å². The van der Waals surface area contributed by atoms with Gasteiger partial charge in [-0.2, -0.15) is 0 Å². The van der Waals surface area contributed by atoms with Crippen LogP contribution in [0.2, 0.25) is 0 Å². The van der Waals surface area contributed by atoms with Crippen LogP contribution >= 0.6 is 0 Å². The lowest BCUT2D eigenvalue weighted by molar-refractivity contribution is 0.309. The number of aromatic nitrogens is 2. The van der Waals surface area contributed by atoms with E-state index in [9.17, 15) is 0 Å². The van der Waals surface area contributed by atoms with Gasteiger partial charge >= 0.3 is 0 Å². The number of rotatable bonds is 3. The van der Waals surface area contributed by atoms with Crippen LogP contribution in [0.3, 0.4) is 0 Å². The average Bonchev–Trinajstić information content (AvgIpc) is 2.82. The van der Waals surface area contributed by atoms with Gasteiger partial charge in [-0.1, -0.05) is 30.3 Å². The number of likely N-dealkylation sites (tertiary alicyclic amines) is 1. The van der Waals surface area contributed by atoms with Crippen molar-refractivity contribution in [3.63, 3.8) is 0 Å². The van der Waals surface area contributed by atoms with Gasteiger partial charge in [0.15, 0.2) is 0 Å². The zero-order valence-electron chi connectivity index (χ0n) is 11.0. The molecule has 3 rings (SSSR count). The molecule has 1 fully saturated rings. The first-order chi connectivity index (χ1) is 9.34. The maximum Gasteiger partial charge on any atom is 0.144 e. The van der Waals surface area contributed by atoms with Crippen LogP contribution in [-0.4, -0.2) is 34.5 Å². The standard InChI is InChI=1S/C15H18N4/c1-19-10-7-13(18-14-11-16-8-9-17-14)15(19)12-5-3-2-4-6-12/h2-6,8-9,11,13,15H,7,10H2,1H3,(H,17,18)/t13-,15-/m0/s1. The summed E-state index contributed by atoms with van der Waals surface area (Å²) < 4.78 is 0. The molecule has 0 bridgehead atoms. The molecule has 1 aromatic carbocycles. The van der Waals surface area contributed by atoms with Crippen molar-refractivity contribution in [1.82, 2.24) is 14.9 Å². The van der Waals surface area contributed by atoms with Gasteiger partial charge in [-0.15, -0.1) is 0 Å². The van der Waals surface area contributed by atoms with Crippen molar-refractivity contribution < 1.29 is 0 Å². The fourth-order valence-electron chi connectivity index (χ4n) is 2.80. The molecule has 0 amide bonds. The van der Waals surface area contributed by atoms with Crippen LogP contribution in [0.1, 0.15) is 18.0 Å². The number of hydrogen-bond donors (Lipinski definition) is 1. The average molecular weight is 254 g/mol. The first kappa shape index (κ1) is 12.1. The third-order valence-corrected chi connectivity index (χ3v) is 3.69. The Kier molecular flexibility index (Phi) is 3.42. The lowest BCUT2D eigenvalue weighted by atomic mass is 10.0. The summed E-state index contributed by atoms with van der Waals surface area (Å²) in [5.74, 6) is 0.851. The van der Waals surface area contributed by atoms with E-state index in [0.717, 1.165) is 18.8 Å². The first-order valence-electron chi connectivity index (χ1n) is 6.62. The number of benzene rings is 1. The first-order valence-corrected chi connectivity index (χ1v) is 6.62. The van der Waals surface area contributed by atoms with Crippen LogP contribution in [0.4, 0.5) is 5.82 Å². The van der Waals surface area contributed by atoms with Gasteiger partial charge in [0.2, 0.25) is 0 Å². The van der Waals surface area contributed by atoms with E-state index < -0.39 is 0 Å². The molecular formula is C15H18N4. The lowest BCUT2D eigenvalue weighted by Gasteiger charge is -2.26. The van der Waals surface area contributed by atoms with Gasteiger partial charge in [0.25, 0.3) is 0 Å². The van der Waals surface area contributed by atoms with Crippen molar-refractivity contribution in [2.45, 2.75) is 18.5 Å². The summed E-state index contributed by atoms with van der Waals surface area (Å²) in [4.78, 5) is 10.8. The molecule has 4 heteroatoms. The van der Waals surface area contributed by atoms with Gasteiger partial charge in [-0.3, -0.25) is 9.88 Å². The van der Waals surface area contributed by atoms with E-state index in [-0.39, 0.29) is 0 Å². The summed E-state index contributed by atoms with van der Waals surface area (Å²) in [5, 5.41) is 3.50. The SMILES string of the molecule is CN1CC[C@H](Nc2cnccn2)[C@@H]1c1ccccc1. The summed E-state index contributed by atoms with van der Waals surface area (Å²) in [7, 11) is 2.18. The van der Waals surface area contributed by atoms with Gasteiger partial charge in [0, 0.05) is 25.0 Å². The number of likely N-dealkylation sites (N-methyl/N-ethyl adjacent to an activating group) is 1. The molecule has 2 aromatic rings. The van der Waals surface area contributed by atoms with E-state index in [0.29, 0.717) is 12.1 Å². The molecular weight excluding hydrogens is 236 g/mol. The Hall–Kier alpha value is -1.94. The molecule has 4 nitrogen and oxygen atoms in total. The number of nitrogens with zero attached hydrogens (tertiary/aromatic N) is 3. The highest BCUT2D eigenvalue weighted by Crippen LogP contribution is 2.32. The van der Waals surface area contributed by atoms with Crippen LogP contribution < -0.4 is 5.32 Å². The van der Waals surface area contributed by atoms with Crippen molar-refractivity contribution in [2.75, 3.05) is 18.9 Å². The van der Waals surface area contributed by atoms with Crippen molar-refractivity contribution in [1.29, 1.82) is 0 Å². The number of anilines is 1. The lowest BCUT2D eigenvalue weighted by Crippen LogP contribution is -2.29. The highest BCUT2D eigenvalue weighted by atomic mass is 15.2. The maximum absolute atomic E-state index is 4.30. The van der Waals surface area contributed by atoms with E-state index in [4.69, 9.17) is 0 Å². The Morgan fingerprint density at radius 2 is 2.05 bits per heavy atom. The summed E-state index contributed by atoms with van der Waals surface area (Å²) in [6.45, 7) is 1.09. The van der Waals surface area contributed by atoms with Gasteiger partial charge < -0.3 is 5.32 Å². The molecule has 0 radical (unpaired) electrons. The molecule has 1 saturated heterocycles. The largest absolute Gasteiger partial charge is 0.364 e. The molecule has 0 unspecified atom stereocenters. The Labute approximate surface area is 113 Å². The van der Waals surface area contributed by atoms with Crippen LogP contribution in [0.15, 0.2) is 48.9 Å². The predicted molar refractivity (Wildman–Crippen MR) is 75.9 cm³/mol. The Bertz CT molecular complexity index is 514. The van der Waals surface area contributed by atoms with Crippen LogP contribution in [0, 0.1) is 0 Å². The van der Waals surface area contributed by atoms with Gasteiger partial charge in [-0.05, 0) is 19.0 Å². The molecule has 0 saturated carbocycles. The van der Waals surface area contributed by atoms with Gasteiger partial charge in [-0.25, -0.2) is 4.98 Å². The zero-order chi connectivity index (χ0) is 13.1. The topological polar surface area (TPSA) is 41.0 Å². The zero-order valence-corrected chi connectivity index (χ0v) is 11.0. The highest BCUT2D eigenvalue weighted by Gasteiger charge is 2.32. The second-order valence-electron chi connectivity index (χ2n) is 4.97. The Morgan fingerprint density at radius 3 is 2.79 bits per heavy atom. The molecule has 1 N–H and O–H groups in total. The molecule has 19 heavy (non-hydrogen) atoms. The van der Waals surface area contributed by atoms with E-state index in [1.54, 1.807) is 18.6 Å². The predicted octanol–water partition coefficient (Wildman–Crippen LogP) is 2.33. The Balaban J connectivity index is 1.81. The van der Waals surface area contributed by atoms with E-state index in [1.807, 2.05) is 0 Å². The summed E-state index contributed by atoms with van der Waals surface area (Å²) in [6, 6.07) is 11.4. The minimum absolute atomic E-state index is 0.379. The summed E-state index contributed by atoms with van der Waals surface area (Å²) in [6.07, 6.45) is 6.31. The Morgan fingerprint density at radius 1 is 1.21 bits per heavy atom. The molecule has 2 heterocycles. The quantitative estimate of drug-likeness (QED) is 0.912. The molecule has 98 valence electrons. The van der Waals surface area contributed by atoms with Crippen LogP contribution in [0.5, 0.6) is 0 Å². The molecule has 1 aromatic heterocycles. The van der Waals surface area contributed by atoms with Crippen LogP contribution in [0.25, 0.3) is 0 Å². The van der Waals surface area contributed by atoms with Crippen molar-refractivity contribution in [2.24, 2.45) is 0 Å². The molecule has 2 atom stereocenters. The number of hydrogen-bond acceptors (Lipinski definition) is 4. The molecule has 0 aliphatic carbocycles. The molecule has 1 aliphatic heterocycles. The van der Waals surface area contributed by atoms with Crippen molar-refractivity contribution in [3.05, 3.63) is 54.5 Å². The molecule has 0 spiro atoms. The number of nitrogens with one attached hydrogen (secondary N) is 1. The minimum Gasteiger partial charge on any atom is -0.364 e. The summed E-state index contributed by atoms with van der Waals surface area (Å²) >= 11 is 0. The molecule has 1 aliphatic rings. The third-order valence-electron chi connectivity index (χ3n) is 3.69.